The van der Waals surface area contributed by atoms with Crippen molar-refractivity contribution in [3.05, 3.63) is 28.7 Å². The molecule has 1 aromatic rings. The van der Waals surface area contributed by atoms with Crippen molar-refractivity contribution in [2.24, 2.45) is 0 Å². The first kappa shape index (κ1) is 11.0. The number of benzene rings is 1. The molecule has 76 valence electrons. The van der Waals surface area contributed by atoms with Gasteiger partial charge in [0.2, 0.25) is 0 Å². The van der Waals surface area contributed by atoms with Crippen LogP contribution in [0.4, 0.5) is 0 Å². The molecule has 0 bridgehead atoms. The van der Waals surface area contributed by atoms with E-state index in [4.69, 9.17) is 9.47 Å². The van der Waals surface area contributed by atoms with E-state index in [1.54, 1.807) is 19.1 Å². The van der Waals surface area contributed by atoms with E-state index < -0.39 is 0 Å². The van der Waals surface area contributed by atoms with E-state index in [0.29, 0.717) is 12.4 Å². The Morgan fingerprint density at radius 3 is 2.93 bits per heavy atom. The first-order chi connectivity index (χ1) is 6.72. The molecule has 0 aliphatic rings. The molecule has 0 aliphatic heterocycles. The van der Waals surface area contributed by atoms with Gasteiger partial charge in [-0.05, 0) is 25.1 Å². The van der Waals surface area contributed by atoms with Crippen molar-refractivity contribution in [3.63, 3.8) is 0 Å². The molecule has 0 saturated carbocycles. The summed E-state index contributed by atoms with van der Waals surface area (Å²) in [4.78, 5) is 10.9. The molecule has 0 amide bonds. The van der Waals surface area contributed by atoms with Gasteiger partial charge in [0.25, 0.3) is 0 Å². The summed E-state index contributed by atoms with van der Waals surface area (Å²) in [5.74, 6) is 0.292. The van der Waals surface area contributed by atoms with Gasteiger partial charge in [-0.3, -0.25) is 0 Å². The summed E-state index contributed by atoms with van der Waals surface area (Å²) in [7, 11) is 0. The summed E-state index contributed by atoms with van der Waals surface area (Å²) >= 11 is 3.30. The number of hydrogen-bond acceptors (Lipinski definition) is 3. The molecule has 0 aliphatic carbocycles. The molecular weight excluding hydrogens is 248 g/mol. The molecule has 4 heteroatoms. The SMILES string of the molecule is CCOC(=O)COc1cccc(Br)c1. The normalized spacial score (nSPS) is 9.57. The predicted molar refractivity (Wildman–Crippen MR) is 56.3 cm³/mol. The maximum Gasteiger partial charge on any atom is 0.344 e. The van der Waals surface area contributed by atoms with Gasteiger partial charge < -0.3 is 9.47 Å². The summed E-state index contributed by atoms with van der Waals surface area (Å²) in [6.45, 7) is 2.09. The molecule has 1 rings (SSSR count). The number of esters is 1. The summed E-state index contributed by atoms with van der Waals surface area (Å²) in [6.07, 6.45) is 0. The largest absolute Gasteiger partial charge is 0.482 e. The second kappa shape index (κ2) is 5.65. The first-order valence-electron chi connectivity index (χ1n) is 4.26. The van der Waals surface area contributed by atoms with Crippen LogP contribution in [0.3, 0.4) is 0 Å². The van der Waals surface area contributed by atoms with E-state index in [0.717, 1.165) is 4.47 Å². The molecule has 0 saturated heterocycles. The number of rotatable bonds is 4. The van der Waals surface area contributed by atoms with Crippen LogP contribution in [0, 0.1) is 0 Å². The van der Waals surface area contributed by atoms with Crippen molar-refractivity contribution in [2.45, 2.75) is 6.92 Å². The van der Waals surface area contributed by atoms with Crippen molar-refractivity contribution in [1.82, 2.24) is 0 Å². The molecule has 14 heavy (non-hydrogen) atoms. The lowest BCUT2D eigenvalue weighted by Crippen LogP contribution is -2.14. The standard InChI is InChI=1S/C10H11BrO3/c1-2-13-10(12)7-14-9-5-3-4-8(11)6-9/h3-6H,2,7H2,1H3. The summed E-state index contributed by atoms with van der Waals surface area (Å²) < 4.78 is 10.8. The zero-order valence-corrected chi connectivity index (χ0v) is 9.41. The van der Waals surface area contributed by atoms with Gasteiger partial charge in [0.15, 0.2) is 6.61 Å². The minimum Gasteiger partial charge on any atom is -0.482 e. The maximum absolute atomic E-state index is 10.9. The van der Waals surface area contributed by atoms with Crippen molar-refractivity contribution in [2.75, 3.05) is 13.2 Å². The molecule has 0 unspecified atom stereocenters. The van der Waals surface area contributed by atoms with Gasteiger partial charge in [0.05, 0.1) is 6.61 Å². The highest BCUT2D eigenvalue weighted by Crippen LogP contribution is 2.17. The molecule has 0 spiro atoms. The second-order valence-electron chi connectivity index (χ2n) is 2.55. The van der Waals surface area contributed by atoms with E-state index in [2.05, 4.69) is 15.9 Å². The van der Waals surface area contributed by atoms with Crippen molar-refractivity contribution >= 4 is 21.9 Å². The Bertz CT molecular complexity index is 312. The molecule has 3 nitrogen and oxygen atoms in total. The Labute approximate surface area is 91.1 Å². The highest BCUT2D eigenvalue weighted by atomic mass is 79.9. The number of carbonyl (C=O) groups excluding carboxylic acids is 1. The highest BCUT2D eigenvalue weighted by Gasteiger charge is 2.02. The maximum atomic E-state index is 10.9. The van der Waals surface area contributed by atoms with Crippen LogP contribution >= 0.6 is 15.9 Å². The fourth-order valence-electron chi connectivity index (χ4n) is 0.902. The van der Waals surface area contributed by atoms with Crippen molar-refractivity contribution < 1.29 is 14.3 Å². The van der Waals surface area contributed by atoms with Crippen molar-refractivity contribution in [3.8, 4) is 5.75 Å². The van der Waals surface area contributed by atoms with E-state index >= 15 is 0 Å². The minimum absolute atomic E-state index is 0.0513. The third-order valence-electron chi connectivity index (χ3n) is 1.46. The lowest BCUT2D eigenvalue weighted by Gasteiger charge is -2.05. The third kappa shape index (κ3) is 3.79. The van der Waals surface area contributed by atoms with Gasteiger partial charge in [-0.15, -0.1) is 0 Å². The quantitative estimate of drug-likeness (QED) is 0.779. The third-order valence-corrected chi connectivity index (χ3v) is 1.95. The minimum atomic E-state index is -0.354. The Kier molecular flexibility index (Phi) is 4.46. The van der Waals surface area contributed by atoms with E-state index in [9.17, 15) is 4.79 Å². The topological polar surface area (TPSA) is 35.5 Å². The predicted octanol–water partition coefficient (Wildman–Crippen LogP) is 2.39. The molecular formula is C10H11BrO3. The Hall–Kier alpha value is -1.03. The van der Waals surface area contributed by atoms with Gasteiger partial charge in [0, 0.05) is 4.47 Å². The number of hydrogen-bond donors (Lipinski definition) is 0. The number of halogens is 1. The molecule has 0 N–H and O–H groups in total. The molecule has 0 aromatic heterocycles. The Morgan fingerprint density at radius 1 is 1.50 bits per heavy atom. The fourth-order valence-corrected chi connectivity index (χ4v) is 1.28. The number of carbonyl (C=O) groups is 1. The smallest absolute Gasteiger partial charge is 0.344 e. The van der Waals surface area contributed by atoms with Crippen LogP contribution in [0.2, 0.25) is 0 Å². The molecule has 0 heterocycles. The Balaban J connectivity index is 2.41. The Morgan fingerprint density at radius 2 is 2.29 bits per heavy atom. The van der Waals surface area contributed by atoms with Gasteiger partial charge >= 0.3 is 5.97 Å². The van der Waals surface area contributed by atoms with E-state index in [1.165, 1.54) is 0 Å². The van der Waals surface area contributed by atoms with Crippen LogP contribution in [0.25, 0.3) is 0 Å². The van der Waals surface area contributed by atoms with Gasteiger partial charge in [-0.2, -0.15) is 0 Å². The van der Waals surface area contributed by atoms with E-state index in [-0.39, 0.29) is 12.6 Å². The summed E-state index contributed by atoms with van der Waals surface area (Å²) in [5, 5.41) is 0. The van der Waals surface area contributed by atoms with Crippen LogP contribution < -0.4 is 4.74 Å². The number of ether oxygens (including phenoxy) is 2. The van der Waals surface area contributed by atoms with Gasteiger partial charge in [0.1, 0.15) is 5.75 Å². The first-order valence-corrected chi connectivity index (χ1v) is 5.05. The summed E-state index contributed by atoms with van der Waals surface area (Å²) in [6, 6.07) is 7.30. The highest BCUT2D eigenvalue weighted by molar-refractivity contribution is 9.10. The van der Waals surface area contributed by atoms with E-state index in [1.807, 2.05) is 12.1 Å². The average Bonchev–Trinajstić information content (AvgIpc) is 2.15. The summed E-state index contributed by atoms with van der Waals surface area (Å²) in [5.41, 5.74) is 0. The average molecular weight is 259 g/mol. The lowest BCUT2D eigenvalue weighted by atomic mass is 10.3. The van der Waals surface area contributed by atoms with Gasteiger partial charge in [-0.25, -0.2) is 4.79 Å². The molecule has 0 fully saturated rings. The van der Waals surface area contributed by atoms with Crippen molar-refractivity contribution in [1.29, 1.82) is 0 Å². The van der Waals surface area contributed by atoms with Gasteiger partial charge in [-0.1, -0.05) is 22.0 Å². The molecule has 0 radical (unpaired) electrons. The zero-order valence-electron chi connectivity index (χ0n) is 7.83. The zero-order chi connectivity index (χ0) is 10.4. The second-order valence-corrected chi connectivity index (χ2v) is 3.47. The lowest BCUT2D eigenvalue weighted by molar-refractivity contribution is -0.145. The van der Waals surface area contributed by atoms with Crippen LogP contribution in [-0.2, 0) is 9.53 Å². The monoisotopic (exact) mass is 258 g/mol. The van der Waals surface area contributed by atoms with Crippen LogP contribution in [0.1, 0.15) is 6.92 Å². The van der Waals surface area contributed by atoms with Crippen LogP contribution in [0.5, 0.6) is 5.75 Å². The molecule has 0 atom stereocenters. The molecule has 1 aromatic carbocycles. The van der Waals surface area contributed by atoms with Crippen LogP contribution in [0.15, 0.2) is 28.7 Å². The van der Waals surface area contributed by atoms with Crippen LogP contribution in [-0.4, -0.2) is 19.2 Å². The fraction of sp³-hybridized carbons (Fsp3) is 0.300.